The molecular weight excluding hydrogens is 288 g/mol. The molecule has 1 aromatic carbocycles. The molecule has 108 valence electrons. The number of carboxylic acid groups (broad SMARTS) is 1. The van der Waals surface area contributed by atoms with Crippen LogP contribution in [-0.2, 0) is 6.42 Å². The first kappa shape index (κ1) is 13.6. The summed E-state index contributed by atoms with van der Waals surface area (Å²) in [5, 5.41) is 16.3. The zero-order valence-electron chi connectivity index (χ0n) is 11.4. The third kappa shape index (κ3) is 3.05. The predicted molar refractivity (Wildman–Crippen MR) is 82.1 cm³/mol. The summed E-state index contributed by atoms with van der Waals surface area (Å²) in [5.41, 5.74) is 2.58. The Kier molecular flexibility index (Phi) is 3.62. The van der Waals surface area contributed by atoms with Crippen LogP contribution in [0.2, 0.25) is 0 Å². The molecule has 2 heterocycles. The Balaban J connectivity index is 1.76. The summed E-state index contributed by atoms with van der Waals surface area (Å²) < 4.78 is 5.57. The van der Waals surface area contributed by atoms with Crippen LogP contribution in [0.15, 0.2) is 39.4 Å². The monoisotopic (exact) mass is 302 g/mol. The highest BCUT2D eigenvalue weighted by Crippen LogP contribution is 2.21. The van der Waals surface area contributed by atoms with Crippen molar-refractivity contribution in [2.75, 3.05) is 5.32 Å². The summed E-state index contributed by atoms with van der Waals surface area (Å²) >= 11 is 1.67. The minimum absolute atomic E-state index is 0.173. The zero-order chi connectivity index (χ0) is 14.8. The molecule has 0 saturated heterocycles. The molecule has 6 heteroatoms. The van der Waals surface area contributed by atoms with E-state index in [0.717, 1.165) is 6.42 Å². The summed E-state index contributed by atoms with van der Waals surface area (Å²) in [6.07, 6.45) is 0.878. The van der Waals surface area contributed by atoms with Crippen molar-refractivity contribution in [2.45, 2.75) is 19.4 Å². The molecule has 2 aromatic heterocycles. The van der Waals surface area contributed by atoms with Gasteiger partial charge >= 0.3 is 5.97 Å². The van der Waals surface area contributed by atoms with Gasteiger partial charge in [-0.15, -0.1) is 0 Å². The number of rotatable bonds is 5. The van der Waals surface area contributed by atoms with Crippen LogP contribution in [0, 0.1) is 0 Å². The van der Waals surface area contributed by atoms with Gasteiger partial charge in [-0.3, -0.25) is 0 Å². The van der Waals surface area contributed by atoms with E-state index in [2.05, 4.69) is 34.1 Å². The van der Waals surface area contributed by atoms with Crippen molar-refractivity contribution in [2.24, 2.45) is 0 Å². The van der Waals surface area contributed by atoms with E-state index >= 15 is 0 Å². The maximum absolute atomic E-state index is 10.9. The molecule has 2 N–H and O–H groups in total. The van der Waals surface area contributed by atoms with Crippen molar-refractivity contribution in [3.63, 3.8) is 0 Å². The molecule has 0 aliphatic heterocycles. The number of carbonyl (C=O) groups is 1. The third-order valence-corrected chi connectivity index (χ3v) is 3.86. The van der Waals surface area contributed by atoms with Gasteiger partial charge in [-0.05, 0) is 53.9 Å². The lowest BCUT2D eigenvalue weighted by Crippen LogP contribution is -2.17. The molecule has 0 fully saturated rings. The minimum atomic E-state index is -0.978. The van der Waals surface area contributed by atoms with Crippen LogP contribution in [0.3, 0.4) is 0 Å². The first-order valence-corrected chi connectivity index (χ1v) is 7.47. The van der Waals surface area contributed by atoms with Crippen LogP contribution in [0.5, 0.6) is 0 Å². The lowest BCUT2D eigenvalue weighted by atomic mass is 10.1. The summed E-state index contributed by atoms with van der Waals surface area (Å²) in [6, 6.07) is 7.33. The van der Waals surface area contributed by atoms with Crippen molar-refractivity contribution >= 4 is 34.4 Å². The van der Waals surface area contributed by atoms with E-state index < -0.39 is 5.97 Å². The molecule has 0 amide bonds. The van der Waals surface area contributed by atoms with Crippen LogP contribution < -0.4 is 5.32 Å². The van der Waals surface area contributed by atoms with Gasteiger partial charge in [0.2, 0.25) is 0 Å². The largest absolute Gasteiger partial charge is 0.478 e. The van der Waals surface area contributed by atoms with Gasteiger partial charge in [-0.1, -0.05) is 0 Å². The van der Waals surface area contributed by atoms with Gasteiger partial charge in [-0.25, -0.2) is 4.79 Å². The average Bonchev–Trinajstić information content (AvgIpc) is 3.05. The maximum atomic E-state index is 10.9. The molecule has 1 unspecified atom stereocenters. The molecule has 21 heavy (non-hydrogen) atoms. The van der Waals surface area contributed by atoms with Crippen molar-refractivity contribution < 1.29 is 14.3 Å². The third-order valence-electron chi connectivity index (χ3n) is 3.13. The number of carboxylic acids is 1. The molecule has 0 aliphatic rings. The summed E-state index contributed by atoms with van der Waals surface area (Å²) in [6.45, 7) is 2.05. The number of oxazole rings is 1. The maximum Gasteiger partial charge on any atom is 0.335 e. The Hall–Kier alpha value is -2.34. The molecule has 5 nitrogen and oxygen atoms in total. The Morgan fingerprint density at radius 2 is 2.33 bits per heavy atom. The molecule has 0 aliphatic carbocycles. The topological polar surface area (TPSA) is 75.4 Å². The molecule has 3 aromatic rings. The first-order chi connectivity index (χ1) is 10.1. The standard InChI is InChI=1S/C15H14N2O3S/c1-9(6-10-4-5-21-8-10)16-15-17-12-3-2-11(14(18)19)7-13(12)20-15/h2-5,7-9H,6H2,1H3,(H,16,17)(H,18,19). The number of aromatic carboxylic acids is 1. The molecule has 0 radical (unpaired) electrons. The Morgan fingerprint density at radius 1 is 1.48 bits per heavy atom. The lowest BCUT2D eigenvalue weighted by molar-refractivity contribution is 0.0697. The number of benzene rings is 1. The highest BCUT2D eigenvalue weighted by molar-refractivity contribution is 7.07. The van der Waals surface area contributed by atoms with Crippen molar-refractivity contribution in [1.29, 1.82) is 0 Å². The molecule has 0 saturated carbocycles. The van der Waals surface area contributed by atoms with Crippen molar-refractivity contribution in [3.05, 3.63) is 46.2 Å². The highest BCUT2D eigenvalue weighted by Gasteiger charge is 2.12. The quantitative estimate of drug-likeness (QED) is 0.752. The predicted octanol–water partition coefficient (Wildman–Crippen LogP) is 3.63. The average molecular weight is 302 g/mol. The fourth-order valence-corrected chi connectivity index (χ4v) is 2.83. The number of hydrogen-bond acceptors (Lipinski definition) is 5. The SMILES string of the molecule is CC(Cc1ccsc1)Nc1nc2ccc(C(=O)O)cc2o1. The van der Waals surface area contributed by atoms with Crippen LogP contribution in [0.25, 0.3) is 11.1 Å². The van der Waals surface area contributed by atoms with E-state index in [4.69, 9.17) is 9.52 Å². The lowest BCUT2D eigenvalue weighted by Gasteiger charge is -2.10. The van der Waals surface area contributed by atoms with E-state index in [-0.39, 0.29) is 11.6 Å². The molecule has 1 atom stereocenters. The Labute approximate surface area is 125 Å². The second-order valence-corrected chi connectivity index (χ2v) is 5.67. The van der Waals surface area contributed by atoms with Gasteiger partial charge in [0.05, 0.1) is 5.56 Å². The van der Waals surface area contributed by atoms with Crippen LogP contribution in [0.1, 0.15) is 22.8 Å². The summed E-state index contributed by atoms with van der Waals surface area (Å²) in [7, 11) is 0. The van der Waals surface area contributed by atoms with Crippen molar-refractivity contribution in [3.8, 4) is 0 Å². The summed E-state index contributed by atoms with van der Waals surface area (Å²) in [4.78, 5) is 15.2. The zero-order valence-corrected chi connectivity index (χ0v) is 12.2. The molecule has 3 rings (SSSR count). The van der Waals surface area contributed by atoms with Gasteiger partial charge in [0.15, 0.2) is 5.58 Å². The van der Waals surface area contributed by atoms with Gasteiger partial charge in [0.25, 0.3) is 6.01 Å². The van der Waals surface area contributed by atoms with E-state index in [1.165, 1.54) is 17.7 Å². The first-order valence-electron chi connectivity index (χ1n) is 6.53. The van der Waals surface area contributed by atoms with Crippen LogP contribution in [0.4, 0.5) is 6.01 Å². The second-order valence-electron chi connectivity index (χ2n) is 4.89. The number of nitrogens with one attached hydrogen (secondary N) is 1. The number of nitrogens with zero attached hydrogens (tertiary/aromatic N) is 1. The number of hydrogen-bond donors (Lipinski definition) is 2. The van der Waals surface area contributed by atoms with Crippen LogP contribution >= 0.6 is 11.3 Å². The van der Waals surface area contributed by atoms with E-state index in [1.807, 2.05) is 0 Å². The second kappa shape index (κ2) is 5.57. The minimum Gasteiger partial charge on any atom is -0.478 e. The van der Waals surface area contributed by atoms with E-state index in [1.54, 1.807) is 17.4 Å². The number of aromatic nitrogens is 1. The number of anilines is 1. The van der Waals surface area contributed by atoms with Gasteiger partial charge in [-0.2, -0.15) is 16.3 Å². The fraction of sp³-hybridized carbons (Fsp3) is 0.200. The molecule has 0 spiro atoms. The van der Waals surface area contributed by atoms with Crippen LogP contribution in [-0.4, -0.2) is 22.1 Å². The Bertz CT molecular complexity index is 764. The fourth-order valence-electron chi connectivity index (χ4n) is 2.14. The smallest absolute Gasteiger partial charge is 0.335 e. The van der Waals surface area contributed by atoms with E-state index in [9.17, 15) is 4.79 Å². The van der Waals surface area contributed by atoms with Gasteiger partial charge < -0.3 is 14.8 Å². The van der Waals surface area contributed by atoms with E-state index in [0.29, 0.717) is 17.1 Å². The molecular formula is C15H14N2O3S. The highest BCUT2D eigenvalue weighted by atomic mass is 32.1. The Morgan fingerprint density at radius 3 is 3.05 bits per heavy atom. The van der Waals surface area contributed by atoms with Crippen molar-refractivity contribution in [1.82, 2.24) is 4.98 Å². The number of thiophene rings is 1. The summed E-state index contributed by atoms with van der Waals surface area (Å²) in [5.74, 6) is -0.978. The number of fused-ring (bicyclic) bond motifs is 1. The molecule has 0 bridgehead atoms. The normalized spacial score (nSPS) is 12.4. The van der Waals surface area contributed by atoms with Gasteiger partial charge in [0.1, 0.15) is 5.52 Å². The van der Waals surface area contributed by atoms with Gasteiger partial charge in [0, 0.05) is 6.04 Å².